The maximum absolute atomic E-state index is 16.4. The Bertz CT molecular complexity index is 2520. The van der Waals surface area contributed by atoms with Gasteiger partial charge < -0.3 is 34.9 Å². The molecule has 1 amide bonds. The average molecular weight is 996 g/mol. The van der Waals surface area contributed by atoms with Crippen LogP contribution < -0.4 is 35.5 Å². The van der Waals surface area contributed by atoms with Gasteiger partial charge in [0.25, 0.3) is 0 Å². The number of aliphatic hydroxyl groups is 1. The van der Waals surface area contributed by atoms with Gasteiger partial charge in [-0.25, -0.2) is 0 Å². The third-order valence-electron chi connectivity index (χ3n) is 16.5. The number of fused-ring (bicyclic) bond motifs is 1. The molecule has 5 N–H and O–H groups in total. The number of hydrogen-bond donors (Lipinski definition) is 5. The van der Waals surface area contributed by atoms with Crippen LogP contribution in [0.3, 0.4) is 0 Å². The number of benzene rings is 3. The highest BCUT2D eigenvalue weighted by Gasteiger charge is 2.64. The smallest absolute Gasteiger partial charge is 0.225 e. The van der Waals surface area contributed by atoms with Gasteiger partial charge in [-0.1, -0.05) is 64.3 Å². The minimum Gasteiger partial charge on any atom is -0.489 e. The number of nitrogens with zero attached hydrogens (tertiary/aromatic N) is 4. The van der Waals surface area contributed by atoms with Crippen molar-refractivity contribution in [3.63, 3.8) is 0 Å². The van der Waals surface area contributed by atoms with Gasteiger partial charge >= 0.3 is 0 Å². The first-order valence-corrected chi connectivity index (χ1v) is 26.0. The van der Waals surface area contributed by atoms with E-state index in [-0.39, 0.29) is 70.2 Å². The number of nitriles is 1. The highest BCUT2D eigenvalue weighted by Crippen LogP contribution is 2.56. The summed E-state index contributed by atoms with van der Waals surface area (Å²) < 4.78 is 35.4. The first-order chi connectivity index (χ1) is 33.8. The van der Waals surface area contributed by atoms with Crippen molar-refractivity contribution < 1.29 is 33.3 Å². The molecular weight excluding hydrogens is 923 g/mol. The zero-order valence-electron chi connectivity index (χ0n) is 42.4. The van der Waals surface area contributed by atoms with Gasteiger partial charge in [0, 0.05) is 93.5 Å². The van der Waals surface area contributed by atoms with Crippen LogP contribution in [0.2, 0.25) is 5.02 Å². The summed E-state index contributed by atoms with van der Waals surface area (Å²) in [6.45, 7) is 18.2. The van der Waals surface area contributed by atoms with Crippen molar-refractivity contribution >= 4 is 28.9 Å². The molecule has 4 heterocycles. The summed E-state index contributed by atoms with van der Waals surface area (Å²) in [5, 5.41) is 35.0. The van der Waals surface area contributed by atoms with Crippen LogP contribution in [0, 0.1) is 45.7 Å². The van der Waals surface area contributed by atoms with Crippen molar-refractivity contribution in [3.05, 3.63) is 88.3 Å². The molecule has 3 aromatic carbocycles. The summed E-state index contributed by atoms with van der Waals surface area (Å²) in [6.07, 6.45) is 6.84. The fourth-order valence-electron chi connectivity index (χ4n) is 13.0. The van der Waals surface area contributed by atoms with E-state index in [1.54, 1.807) is 56.3 Å². The van der Waals surface area contributed by atoms with Crippen LogP contribution >= 0.6 is 11.6 Å². The van der Waals surface area contributed by atoms with Gasteiger partial charge in [0.1, 0.15) is 36.6 Å². The van der Waals surface area contributed by atoms with Gasteiger partial charge in [-0.15, -0.1) is 0 Å². The van der Waals surface area contributed by atoms with Gasteiger partial charge in [-0.3, -0.25) is 30.0 Å². The molecule has 14 nitrogen and oxygen atoms in total. The number of amides is 1. The van der Waals surface area contributed by atoms with E-state index in [2.05, 4.69) is 71.0 Å². The predicted molar refractivity (Wildman–Crippen MR) is 271 cm³/mol. The van der Waals surface area contributed by atoms with E-state index < -0.39 is 17.0 Å². The standard InChI is InChI=1S/C55H72ClFN8O6/c1-52(2)49(53(3,4)50(52)70-38-17-15-34(29-58)42(56)28-38)62-48(67)35-30-59-51(60-31-35)65-23-21-64(22-24-65)25-26-69-44-13-10-14-45(47(44)57)71-43-18-16-37(54(5,6)68)27-39(43)40-32-63(7)33-46(66)55(36-11-8-9-12-36)41(40)19-20-61-55/h10,13-18,27-28,32,35-36,41,49-51,59-61,68H,8-9,11-12,19-26,30-31,33H2,1-7H3,(H,62,67). The van der Waals surface area contributed by atoms with Gasteiger partial charge in [0.05, 0.1) is 34.2 Å². The molecule has 2 aliphatic carbocycles. The third-order valence-corrected chi connectivity index (χ3v) is 16.8. The predicted octanol–water partition coefficient (Wildman–Crippen LogP) is 6.85. The fraction of sp³-hybridized carbons (Fsp3) is 0.582. The molecule has 5 fully saturated rings. The van der Waals surface area contributed by atoms with Gasteiger partial charge in [0.15, 0.2) is 17.3 Å². The van der Waals surface area contributed by atoms with Crippen LogP contribution in [0.1, 0.15) is 90.3 Å². The Kier molecular flexibility index (Phi) is 14.6. The summed E-state index contributed by atoms with van der Waals surface area (Å²) in [5.74, 6) is 0.698. The normalized spacial score (nSPS) is 28.0. The number of Topliss-reactive ketones (excluding diaryl/α,β-unsaturated/α-hetero) is 1. The number of ketones is 1. The number of rotatable bonds is 14. The zero-order valence-corrected chi connectivity index (χ0v) is 43.1. The van der Waals surface area contributed by atoms with E-state index >= 15 is 4.39 Å². The molecule has 0 radical (unpaired) electrons. The lowest BCUT2D eigenvalue weighted by molar-refractivity contribution is -0.174. The van der Waals surface area contributed by atoms with Gasteiger partial charge in [-0.05, 0) is 93.1 Å². The van der Waals surface area contributed by atoms with E-state index in [4.69, 9.17) is 25.8 Å². The molecule has 2 unspecified atom stereocenters. The lowest BCUT2D eigenvalue weighted by Gasteiger charge is -2.63. The molecule has 382 valence electrons. The fourth-order valence-corrected chi connectivity index (χ4v) is 13.2. The minimum atomic E-state index is -1.14. The number of nitrogens with one attached hydrogen (secondary N) is 4. The second-order valence-corrected chi connectivity index (χ2v) is 22.9. The number of likely N-dealkylation sites (N-methyl/N-ethyl adjacent to an activating group) is 1. The zero-order chi connectivity index (χ0) is 50.5. The summed E-state index contributed by atoms with van der Waals surface area (Å²) >= 11 is 6.28. The molecule has 0 bridgehead atoms. The van der Waals surface area contributed by atoms with Crippen LogP contribution in [0.15, 0.2) is 60.8 Å². The number of piperazine rings is 1. The van der Waals surface area contributed by atoms with E-state index in [1.165, 1.54) is 0 Å². The molecule has 2 atom stereocenters. The molecule has 16 heteroatoms. The maximum atomic E-state index is 16.4. The minimum absolute atomic E-state index is 0.00433. The molecule has 0 aromatic heterocycles. The van der Waals surface area contributed by atoms with Gasteiger partial charge in [0.2, 0.25) is 11.7 Å². The number of carbonyl (C=O) groups excluding carboxylic acids is 2. The Hall–Kier alpha value is -4.79. The average Bonchev–Trinajstić information content (AvgIpc) is 4.03. The Balaban J connectivity index is 0.769. The largest absolute Gasteiger partial charge is 0.489 e. The third kappa shape index (κ3) is 10.0. The van der Waals surface area contributed by atoms with Gasteiger partial charge in [-0.2, -0.15) is 9.65 Å². The van der Waals surface area contributed by atoms with E-state index in [9.17, 15) is 20.0 Å². The molecular formula is C55H72ClFN8O6. The quantitative estimate of drug-likeness (QED) is 0.114. The Morgan fingerprint density at radius 2 is 1.68 bits per heavy atom. The van der Waals surface area contributed by atoms with Crippen molar-refractivity contribution in [2.24, 2.45) is 28.6 Å². The molecule has 3 saturated heterocycles. The Morgan fingerprint density at radius 1 is 0.972 bits per heavy atom. The number of ether oxygens (including phenoxy) is 3. The van der Waals surface area contributed by atoms with Crippen LogP contribution in [-0.4, -0.2) is 128 Å². The number of carbonyl (C=O) groups is 2. The summed E-state index contributed by atoms with van der Waals surface area (Å²) in [7, 11) is 1.93. The number of hydrogen-bond acceptors (Lipinski definition) is 13. The highest BCUT2D eigenvalue weighted by molar-refractivity contribution is 6.31. The molecule has 4 aliphatic heterocycles. The van der Waals surface area contributed by atoms with Crippen LogP contribution in [0.5, 0.6) is 23.0 Å². The molecule has 3 aromatic rings. The van der Waals surface area contributed by atoms with Crippen molar-refractivity contribution in [1.29, 1.82) is 5.26 Å². The SMILES string of the molecule is CN1C=C(c2cc(C(C)(C)O)ccc2Oc2cccc(OCCN3CCN(C4NCC(C(=O)NC5C(C)(C)C(Oc6ccc(C#N)c(Cl)c6)C5(C)C)CN4)CC3)c2F)C2CCNC2(C2CCCC2)C(=O)C1. The molecule has 71 heavy (non-hydrogen) atoms. The topological polar surface area (TPSA) is 164 Å². The second kappa shape index (κ2) is 20.3. The highest BCUT2D eigenvalue weighted by atomic mass is 35.5. The maximum Gasteiger partial charge on any atom is 0.225 e. The number of halogens is 2. The second-order valence-electron chi connectivity index (χ2n) is 22.5. The van der Waals surface area contributed by atoms with E-state index in [0.717, 1.165) is 76.0 Å². The monoisotopic (exact) mass is 995 g/mol. The first-order valence-electron chi connectivity index (χ1n) is 25.6. The summed E-state index contributed by atoms with van der Waals surface area (Å²) in [6, 6.07) is 17.6. The molecule has 2 saturated carbocycles. The van der Waals surface area contributed by atoms with E-state index in [0.29, 0.717) is 60.4 Å². The van der Waals surface area contributed by atoms with Crippen molar-refractivity contribution in [3.8, 4) is 29.1 Å². The summed E-state index contributed by atoms with van der Waals surface area (Å²) in [5.41, 5.74) is 0.265. The van der Waals surface area contributed by atoms with E-state index in [1.807, 2.05) is 24.1 Å². The lowest BCUT2D eigenvalue weighted by Crippen LogP contribution is -2.75. The molecule has 0 spiro atoms. The van der Waals surface area contributed by atoms with Crippen molar-refractivity contribution in [2.75, 3.05) is 72.6 Å². The summed E-state index contributed by atoms with van der Waals surface area (Å²) in [4.78, 5) is 34.5. The lowest BCUT2D eigenvalue weighted by atomic mass is 9.49. The van der Waals surface area contributed by atoms with Crippen LogP contribution in [0.25, 0.3) is 5.57 Å². The molecule has 9 rings (SSSR count). The van der Waals surface area contributed by atoms with Crippen molar-refractivity contribution in [2.45, 2.75) is 103 Å². The van der Waals surface area contributed by atoms with Crippen molar-refractivity contribution in [1.82, 2.24) is 36.0 Å². The first kappa shape index (κ1) is 51.1. The Labute approximate surface area is 423 Å². The molecule has 6 aliphatic rings. The van der Waals surface area contributed by atoms with Crippen LogP contribution in [0.4, 0.5) is 4.39 Å². The Morgan fingerprint density at radius 3 is 2.35 bits per heavy atom. The van der Waals surface area contributed by atoms with Crippen LogP contribution in [-0.2, 0) is 15.2 Å².